The van der Waals surface area contributed by atoms with Gasteiger partial charge in [-0.2, -0.15) is 0 Å². The summed E-state index contributed by atoms with van der Waals surface area (Å²) in [6.45, 7) is 0. The molecule has 1 amide bonds. The molecule has 1 aliphatic rings. The fourth-order valence-electron chi connectivity index (χ4n) is 2.40. The summed E-state index contributed by atoms with van der Waals surface area (Å²) in [4.78, 5) is 23.3. The molecule has 2 N–H and O–H groups in total. The van der Waals surface area contributed by atoms with Crippen LogP contribution in [0.4, 0.5) is 5.69 Å². The molecule has 2 rings (SSSR count). The number of hydrogen-bond acceptors (Lipinski definition) is 2. The standard InChI is InChI=1S/C14H16INO3/c15-10-6-7-12(11(8-10)14(18)19)16-13(17)9-4-2-1-3-5-9/h6-9H,1-5H2,(H,16,17)(H,18,19). The Hall–Kier alpha value is -1.11. The van der Waals surface area contributed by atoms with Gasteiger partial charge in [0.2, 0.25) is 5.91 Å². The van der Waals surface area contributed by atoms with Gasteiger partial charge in [0.05, 0.1) is 11.3 Å². The lowest BCUT2D eigenvalue weighted by atomic mass is 9.88. The second kappa shape index (κ2) is 6.36. The molecule has 0 aromatic heterocycles. The zero-order chi connectivity index (χ0) is 13.8. The molecule has 19 heavy (non-hydrogen) atoms. The number of carbonyl (C=O) groups is 2. The van der Waals surface area contributed by atoms with Crippen LogP contribution in [0.5, 0.6) is 0 Å². The van der Waals surface area contributed by atoms with Crippen molar-refractivity contribution in [2.75, 3.05) is 5.32 Å². The third-order valence-corrected chi connectivity index (χ3v) is 4.12. The van der Waals surface area contributed by atoms with Crippen LogP contribution in [0.1, 0.15) is 42.5 Å². The molecular weight excluding hydrogens is 357 g/mol. The third-order valence-electron chi connectivity index (χ3n) is 3.45. The Morgan fingerprint density at radius 3 is 2.53 bits per heavy atom. The minimum atomic E-state index is -1.02. The Bertz CT molecular complexity index is 495. The topological polar surface area (TPSA) is 66.4 Å². The first kappa shape index (κ1) is 14.3. The van der Waals surface area contributed by atoms with Crippen molar-refractivity contribution < 1.29 is 14.7 Å². The molecule has 1 aliphatic carbocycles. The molecule has 1 aromatic carbocycles. The number of nitrogens with one attached hydrogen (secondary N) is 1. The van der Waals surface area contributed by atoms with Crippen LogP contribution in [0, 0.1) is 9.49 Å². The maximum absolute atomic E-state index is 12.1. The van der Waals surface area contributed by atoms with E-state index in [4.69, 9.17) is 5.11 Å². The average molecular weight is 373 g/mol. The summed E-state index contributed by atoms with van der Waals surface area (Å²) >= 11 is 2.06. The molecule has 0 radical (unpaired) electrons. The molecule has 0 bridgehead atoms. The molecule has 0 unspecified atom stereocenters. The van der Waals surface area contributed by atoms with Crippen LogP contribution in [-0.4, -0.2) is 17.0 Å². The molecule has 0 spiro atoms. The summed E-state index contributed by atoms with van der Waals surface area (Å²) < 4.78 is 0.839. The lowest BCUT2D eigenvalue weighted by molar-refractivity contribution is -0.120. The van der Waals surface area contributed by atoms with E-state index in [2.05, 4.69) is 27.9 Å². The van der Waals surface area contributed by atoms with Gasteiger partial charge in [0.25, 0.3) is 0 Å². The lowest BCUT2D eigenvalue weighted by Crippen LogP contribution is -2.25. The third kappa shape index (κ3) is 3.68. The van der Waals surface area contributed by atoms with Gasteiger partial charge in [-0.1, -0.05) is 19.3 Å². The Morgan fingerprint density at radius 2 is 1.89 bits per heavy atom. The first-order valence-electron chi connectivity index (χ1n) is 6.41. The molecule has 1 fully saturated rings. The number of amides is 1. The second-order valence-corrected chi connectivity index (χ2v) is 6.06. The monoisotopic (exact) mass is 373 g/mol. The molecule has 0 aliphatic heterocycles. The van der Waals surface area contributed by atoms with Crippen LogP contribution in [0.3, 0.4) is 0 Å². The van der Waals surface area contributed by atoms with E-state index in [-0.39, 0.29) is 17.4 Å². The Labute approximate surface area is 125 Å². The molecule has 1 aromatic rings. The first-order valence-corrected chi connectivity index (χ1v) is 7.49. The number of hydrogen-bond donors (Lipinski definition) is 2. The Kier molecular flexibility index (Phi) is 4.79. The normalized spacial score (nSPS) is 16.1. The summed E-state index contributed by atoms with van der Waals surface area (Å²) in [6.07, 6.45) is 5.15. The Balaban J connectivity index is 2.13. The van der Waals surface area contributed by atoms with E-state index in [0.29, 0.717) is 5.69 Å². The van der Waals surface area contributed by atoms with Crippen molar-refractivity contribution in [3.63, 3.8) is 0 Å². The largest absolute Gasteiger partial charge is 0.478 e. The summed E-state index contributed by atoms with van der Waals surface area (Å²) in [7, 11) is 0. The average Bonchev–Trinajstić information content (AvgIpc) is 2.41. The predicted octanol–water partition coefficient (Wildman–Crippen LogP) is 3.51. The van der Waals surface area contributed by atoms with Gasteiger partial charge in [0.1, 0.15) is 0 Å². The van der Waals surface area contributed by atoms with Crippen LogP contribution in [-0.2, 0) is 4.79 Å². The van der Waals surface area contributed by atoms with Crippen molar-refractivity contribution in [1.29, 1.82) is 0 Å². The highest BCUT2D eigenvalue weighted by atomic mass is 127. The molecule has 5 heteroatoms. The van der Waals surface area contributed by atoms with Crippen molar-refractivity contribution in [2.45, 2.75) is 32.1 Å². The molecule has 102 valence electrons. The Morgan fingerprint density at radius 1 is 1.21 bits per heavy atom. The number of carboxylic acids is 1. The number of carbonyl (C=O) groups excluding carboxylic acids is 1. The van der Waals surface area contributed by atoms with Gasteiger partial charge in [0, 0.05) is 9.49 Å². The molecule has 0 atom stereocenters. The number of anilines is 1. The minimum absolute atomic E-state index is 0.0228. The van der Waals surface area contributed by atoms with Crippen molar-refractivity contribution in [3.8, 4) is 0 Å². The highest BCUT2D eigenvalue weighted by molar-refractivity contribution is 14.1. The van der Waals surface area contributed by atoms with Gasteiger partial charge in [0.15, 0.2) is 0 Å². The second-order valence-electron chi connectivity index (χ2n) is 4.82. The van der Waals surface area contributed by atoms with Gasteiger partial charge in [-0.3, -0.25) is 4.79 Å². The van der Waals surface area contributed by atoms with Crippen molar-refractivity contribution in [2.24, 2.45) is 5.92 Å². The summed E-state index contributed by atoms with van der Waals surface area (Å²) in [5.41, 5.74) is 0.541. The fraction of sp³-hybridized carbons (Fsp3) is 0.429. The molecule has 0 heterocycles. The smallest absolute Gasteiger partial charge is 0.337 e. The number of carboxylic acid groups (broad SMARTS) is 1. The highest BCUT2D eigenvalue weighted by Gasteiger charge is 2.22. The van der Waals surface area contributed by atoms with Gasteiger partial charge in [-0.25, -0.2) is 4.79 Å². The zero-order valence-corrected chi connectivity index (χ0v) is 12.6. The van der Waals surface area contributed by atoms with Crippen molar-refractivity contribution in [3.05, 3.63) is 27.3 Å². The van der Waals surface area contributed by atoms with Gasteiger partial charge in [-0.05, 0) is 53.6 Å². The fourth-order valence-corrected chi connectivity index (χ4v) is 2.89. The van der Waals surface area contributed by atoms with Crippen LogP contribution in [0.25, 0.3) is 0 Å². The lowest BCUT2D eigenvalue weighted by Gasteiger charge is -2.21. The first-order chi connectivity index (χ1) is 9.08. The van der Waals surface area contributed by atoms with Gasteiger partial charge < -0.3 is 10.4 Å². The van der Waals surface area contributed by atoms with E-state index in [1.807, 2.05) is 0 Å². The number of benzene rings is 1. The number of rotatable bonds is 3. The number of aromatic carboxylic acids is 1. The summed E-state index contributed by atoms with van der Waals surface area (Å²) in [6, 6.07) is 5.02. The van der Waals surface area contributed by atoms with E-state index in [0.717, 1.165) is 29.3 Å². The van der Waals surface area contributed by atoms with E-state index >= 15 is 0 Å². The van der Waals surface area contributed by atoms with E-state index in [9.17, 15) is 9.59 Å². The van der Waals surface area contributed by atoms with E-state index in [1.54, 1.807) is 18.2 Å². The summed E-state index contributed by atoms with van der Waals surface area (Å²) in [5.74, 6) is -1.05. The maximum Gasteiger partial charge on any atom is 0.337 e. The van der Waals surface area contributed by atoms with Gasteiger partial charge in [-0.15, -0.1) is 0 Å². The molecule has 0 saturated heterocycles. The maximum atomic E-state index is 12.1. The van der Waals surface area contributed by atoms with Crippen LogP contribution < -0.4 is 5.32 Å². The quantitative estimate of drug-likeness (QED) is 0.797. The molecular formula is C14H16INO3. The zero-order valence-electron chi connectivity index (χ0n) is 10.5. The van der Waals surface area contributed by atoms with Crippen LogP contribution >= 0.6 is 22.6 Å². The van der Waals surface area contributed by atoms with E-state index in [1.165, 1.54) is 6.42 Å². The van der Waals surface area contributed by atoms with Crippen LogP contribution in [0.2, 0.25) is 0 Å². The SMILES string of the molecule is O=C(O)c1cc(I)ccc1NC(=O)C1CCCCC1. The van der Waals surface area contributed by atoms with Crippen molar-refractivity contribution >= 4 is 40.2 Å². The predicted molar refractivity (Wildman–Crippen MR) is 81.3 cm³/mol. The van der Waals surface area contributed by atoms with Crippen LogP contribution in [0.15, 0.2) is 18.2 Å². The number of halogens is 1. The van der Waals surface area contributed by atoms with Crippen molar-refractivity contribution in [1.82, 2.24) is 0 Å². The summed E-state index contributed by atoms with van der Waals surface area (Å²) in [5, 5.41) is 11.9. The molecule has 4 nitrogen and oxygen atoms in total. The minimum Gasteiger partial charge on any atom is -0.478 e. The van der Waals surface area contributed by atoms with Gasteiger partial charge >= 0.3 is 5.97 Å². The molecule has 1 saturated carbocycles. The highest BCUT2D eigenvalue weighted by Crippen LogP contribution is 2.26. The van der Waals surface area contributed by atoms with E-state index < -0.39 is 5.97 Å².